The van der Waals surface area contributed by atoms with Gasteiger partial charge in [-0.2, -0.15) is 0 Å². The van der Waals surface area contributed by atoms with E-state index in [-0.39, 0.29) is 5.41 Å². The third kappa shape index (κ3) is 3.03. The van der Waals surface area contributed by atoms with Crippen LogP contribution in [0, 0.1) is 0 Å². The first-order valence-electron chi connectivity index (χ1n) is 8.71. The zero-order valence-corrected chi connectivity index (χ0v) is 15.3. The molecule has 134 valence electrons. The zero-order valence-electron chi connectivity index (χ0n) is 14.5. The smallest absolute Gasteiger partial charge is 0.320 e. The summed E-state index contributed by atoms with van der Waals surface area (Å²) in [6, 6.07) is 16.2. The van der Waals surface area contributed by atoms with E-state index in [1.807, 2.05) is 12.1 Å². The predicted molar refractivity (Wildman–Crippen MR) is 101 cm³/mol. The molecule has 0 spiro atoms. The molecule has 0 radical (unpaired) electrons. The molecule has 0 amide bonds. The van der Waals surface area contributed by atoms with Crippen LogP contribution in [0.4, 0.5) is 11.7 Å². The first-order chi connectivity index (χ1) is 12.7. The summed E-state index contributed by atoms with van der Waals surface area (Å²) in [5.41, 5.74) is 1.82. The number of anilines is 2. The van der Waals surface area contributed by atoms with Crippen LogP contribution < -0.4 is 10.1 Å². The number of hydrogen-bond donors (Lipinski definition) is 1. The van der Waals surface area contributed by atoms with E-state index in [1.54, 1.807) is 19.2 Å². The van der Waals surface area contributed by atoms with Crippen molar-refractivity contribution in [1.82, 2.24) is 10.2 Å². The molecule has 1 heterocycles. The van der Waals surface area contributed by atoms with Gasteiger partial charge in [0, 0.05) is 5.69 Å². The Morgan fingerprint density at radius 2 is 1.85 bits per heavy atom. The SMILES string of the molecule is COc1ccc(Nc2nnc(C3(c4ccccc4)CCCC3)o2)cc1Cl. The van der Waals surface area contributed by atoms with Crippen LogP contribution in [0.1, 0.15) is 37.1 Å². The molecule has 26 heavy (non-hydrogen) atoms. The van der Waals surface area contributed by atoms with Crippen LogP contribution in [0.5, 0.6) is 5.75 Å². The van der Waals surface area contributed by atoms with Crippen LogP contribution in [-0.2, 0) is 5.41 Å². The highest BCUT2D eigenvalue weighted by Gasteiger charge is 2.42. The Kier molecular flexibility index (Phi) is 4.55. The summed E-state index contributed by atoms with van der Waals surface area (Å²) in [6.07, 6.45) is 4.36. The highest BCUT2D eigenvalue weighted by atomic mass is 35.5. The quantitative estimate of drug-likeness (QED) is 0.658. The summed E-state index contributed by atoms with van der Waals surface area (Å²) in [5.74, 6) is 1.29. The molecule has 1 aliphatic carbocycles. The molecule has 0 aliphatic heterocycles. The topological polar surface area (TPSA) is 60.2 Å². The number of halogens is 1. The summed E-state index contributed by atoms with van der Waals surface area (Å²) in [6.45, 7) is 0. The van der Waals surface area contributed by atoms with Gasteiger partial charge in [0.2, 0.25) is 5.89 Å². The van der Waals surface area contributed by atoms with Crippen molar-refractivity contribution in [3.63, 3.8) is 0 Å². The van der Waals surface area contributed by atoms with E-state index in [1.165, 1.54) is 5.56 Å². The molecular formula is C20H20ClN3O2. The van der Waals surface area contributed by atoms with Gasteiger partial charge in [-0.3, -0.25) is 0 Å². The second-order valence-electron chi connectivity index (χ2n) is 6.54. The maximum Gasteiger partial charge on any atom is 0.320 e. The van der Waals surface area contributed by atoms with Gasteiger partial charge in [-0.05, 0) is 36.6 Å². The van der Waals surface area contributed by atoms with Crippen LogP contribution in [0.2, 0.25) is 5.02 Å². The summed E-state index contributed by atoms with van der Waals surface area (Å²) < 4.78 is 11.2. The predicted octanol–water partition coefficient (Wildman–Crippen LogP) is 5.34. The molecule has 0 atom stereocenters. The van der Waals surface area contributed by atoms with E-state index in [2.05, 4.69) is 39.8 Å². The van der Waals surface area contributed by atoms with Crippen molar-refractivity contribution < 1.29 is 9.15 Å². The first-order valence-corrected chi connectivity index (χ1v) is 9.09. The Balaban J connectivity index is 1.62. The minimum absolute atomic E-state index is 0.189. The largest absolute Gasteiger partial charge is 0.495 e. The molecule has 1 saturated carbocycles. The second-order valence-corrected chi connectivity index (χ2v) is 6.95. The Hall–Kier alpha value is -2.53. The van der Waals surface area contributed by atoms with Gasteiger partial charge in [0.25, 0.3) is 0 Å². The molecule has 1 N–H and O–H groups in total. The second kappa shape index (κ2) is 7.00. The third-order valence-electron chi connectivity index (χ3n) is 5.02. The van der Waals surface area contributed by atoms with Crippen molar-refractivity contribution >= 4 is 23.3 Å². The molecule has 1 aromatic heterocycles. The van der Waals surface area contributed by atoms with E-state index in [9.17, 15) is 0 Å². The van der Waals surface area contributed by atoms with Gasteiger partial charge in [0.15, 0.2) is 0 Å². The molecule has 5 nitrogen and oxygen atoms in total. The highest BCUT2D eigenvalue weighted by molar-refractivity contribution is 6.32. The molecule has 4 rings (SSSR count). The molecule has 0 saturated heterocycles. The lowest BCUT2D eigenvalue weighted by Crippen LogP contribution is -2.24. The van der Waals surface area contributed by atoms with Gasteiger partial charge >= 0.3 is 6.01 Å². The fraction of sp³-hybridized carbons (Fsp3) is 0.300. The highest BCUT2D eigenvalue weighted by Crippen LogP contribution is 2.46. The lowest BCUT2D eigenvalue weighted by atomic mass is 9.79. The Labute approximate surface area is 157 Å². The van der Waals surface area contributed by atoms with Crippen LogP contribution in [0.3, 0.4) is 0 Å². The number of hydrogen-bond acceptors (Lipinski definition) is 5. The van der Waals surface area contributed by atoms with Gasteiger partial charge < -0.3 is 14.5 Å². The average molecular weight is 370 g/mol. The first kappa shape index (κ1) is 16.9. The number of benzene rings is 2. The van der Waals surface area contributed by atoms with E-state index in [0.717, 1.165) is 31.4 Å². The van der Waals surface area contributed by atoms with Crippen molar-refractivity contribution in [2.24, 2.45) is 0 Å². The molecule has 3 aromatic rings. The van der Waals surface area contributed by atoms with Crippen molar-refractivity contribution in [2.45, 2.75) is 31.1 Å². The molecule has 1 aliphatic rings. The summed E-state index contributed by atoms with van der Waals surface area (Å²) in [5, 5.41) is 12.2. The normalized spacial score (nSPS) is 15.8. The van der Waals surface area contributed by atoms with Crippen LogP contribution in [-0.4, -0.2) is 17.3 Å². The van der Waals surface area contributed by atoms with Crippen LogP contribution in [0.25, 0.3) is 0 Å². The maximum absolute atomic E-state index is 6.18. The van der Waals surface area contributed by atoms with E-state index < -0.39 is 0 Å². The van der Waals surface area contributed by atoms with Gasteiger partial charge in [-0.15, -0.1) is 5.10 Å². The maximum atomic E-state index is 6.18. The van der Waals surface area contributed by atoms with Crippen molar-refractivity contribution in [3.8, 4) is 5.75 Å². The standard InChI is InChI=1S/C20H20ClN3O2/c1-25-17-10-9-15(13-16(17)21)22-19-24-23-18(26-19)20(11-5-6-12-20)14-7-3-2-4-8-14/h2-4,7-10,13H,5-6,11-12H2,1H3,(H,22,24). The molecular weight excluding hydrogens is 350 g/mol. The Morgan fingerprint density at radius 1 is 1.08 bits per heavy atom. The van der Waals surface area contributed by atoms with Crippen molar-refractivity contribution in [3.05, 3.63) is 65.0 Å². The van der Waals surface area contributed by atoms with Crippen molar-refractivity contribution in [2.75, 3.05) is 12.4 Å². The third-order valence-corrected chi connectivity index (χ3v) is 5.32. The molecule has 0 bridgehead atoms. The van der Waals surface area contributed by atoms with Crippen molar-refractivity contribution in [1.29, 1.82) is 0 Å². The van der Waals surface area contributed by atoms with Crippen LogP contribution in [0.15, 0.2) is 52.9 Å². The number of aromatic nitrogens is 2. The van der Waals surface area contributed by atoms with Gasteiger partial charge in [0.1, 0.15) is 5.75 Å². The average Bonchev–Trinajstić information content (AvgIpc) is 3.33. The number of nitrogens with zero attached hydrogens (tertiary/aromatic N) is 2. The number of rotatable bonds is 5. The minimum atomic E-state index is -0.189. The molecule has 6 heteroatoms. The summed E-state index contributed by atoms with van der Waals surface area (Å²) in [7, 11) is 1.59. The number of methoxy groups -OCH3 is 1. The Morgan fingerprint density at radius 3 is 2.54 bits per heavy atom. The molecule has 2 aromatic carbocycles. The minimum Gasteiger partial charge on any atom is -0.495 e. The number of ether oxygens (including phenoxy) is 1. The fourth-order valence-electron chi connectivity index (χ4n) is 3.70. The lowest BCUT2D eigenvalue weighted by Gasteiger charge is -2.25. The monoisotopic (exact) mass is 369 g/mol. The van der Waals surface area contributed by atoms with Gasteiger partial charge in [0.05, 0.1) is 17.5 Å². The summed E-state index contributed by atoms with van der Waals surface area (Å²) >= 11 is 6.18. The zero-order chi connectivity index (χ0) is 18.0. The van der Waals surface area contributed by atoms with E-state index >= 15 is 0 Å². The van der Waals surface area contributed by atoms with Crippen LogP contribution >= 0.6 is 11.6 Å². The van der Waals surface area contributed by atoms with Gasteiger partial charge in [-0.1, -0.05) is 59.9 Å². The molecule has 0 unspecified atom stereocenters. The van der Waals surface area contributed by atoms with E-state index in [4.69, 9.17) is 20.8 Å². The van der Waals surface area contributed by atoms with E-state index in [0.29, 0.717) is 22.7 Å². The van der Waals surface area contributed by atoms with Gasteiger partial charge in [-0.25, -0.2) is 0 Å². The summed E-state index contributed by atoms with van der Waals surface area (Å²) in [4.78, 5) is 0. The number of nitrogens with one attached hydrogen (secondary N) is 1. The lowest BCUT2D eigenvalue weighted by molar-refractivity contribution is 0.381. The fourth-order valence-corrected chi connectivity index (χ4v) is 3.95. The molecule has 1 fully saturated rings. The Bertz CT molecular complexity index is 889.